The molecule has 0 saturated heterocycles. The molecule has 23 heavy (non-hydrogen) atoms. The molecular weight excluding hydrogens is 334 g/mol. The number of thiophene rings is 1. The first kappa shape index (κ1) is 15.7. The molecule has 1 N–H and O–H groups in total. The summed E-state index contributed by atoms with van der Waals surface area (Å²) in [4.78, 5) is 21.3. The maximum atomic E-state index is 12.1. The molecule has 1 atom stereocenters. The third kappa shape index (κ3) is 3.60. The summed E-state index contributed by atoms with van der Waals surface area (Å²) in [5, 5.41) is 6.03. The van der Waals surface area contributed by atoms with Crippen molar-refractivity contribution in [2.75, 3.05) is 12.4 Å². The van der Waals surface area contributed by atoms with Crippen molar-refractivity contribution in [1.29, 1.82) is 0 Å². The summed E-state index contributed by atoms with van der Waals surface area (Å²) >= 11 is 7.44. The fourth-order valence-electron chi connectivity index (χ4n) is 2.29. The Morgan fingerprint density at radius 1 is 1.30 bits per heavy atom. The Labute approximate surface area is 142 Å². The topological polar surface area (TPSA) is 64.1 Å². The third-order valence-corrected chi connectivity index (χ3v) is 4.35. The Morgan fingerprint density at radius 3 is 2.83 bits per heavy atom. The SMILES string of the molecule is COC(=O)C(Cc1ccccc1)Nc1nc(Cl)nc2sccc12. The molecule has 0 saturated carbocycles. The molecule has 1 aromatic carbocycles. The van der Waals surface area contributed by atoms with Gasteiger partial charge >= 0.3 is 5.97 Å². The zero-order valence-corrected chi connectivity index (χ0v) is 13.9. The quantitative estimate of drug-likeness (QED) is 0.565. The lowest BCUT2D eigenvalue weighted by molar-refractivity contribution is -0.141. The fourth-order valence-corrected chi connectivity index (χ4v) is 3.27. The lowest BCUT2D eigenvalue weighted by Crippen LogP contribution is -2.33. The van der Waals surface area contributed by atoms with Gasteiger partial charge in [0.2, 0.25) is 5.28 Å². The smallest absolute Gasteiger partial charge is 0.328 e. The van der Waals surface area contributed by atoms with Gasteiger partial charge < -0.3 is 10.1 Å². The predicted octanol–water partition coefficient (Wildman–Crippen LogP) is 3.54. The van der Waals surface area contributed by atoms with E-state index < -0.39 is 6.04 Å². The number of carbonyl (C=O) groups is 1. The van der Waals surface area contributed by atoms with Gasteiger partial charge in [0, 0.05) is 6.42 Å². The molecule has 7 heteroatoms. The van der Waals surface area contributed by atoms with Crippen molar-refractivity contribution < 1.29 is 9.53 Å². The number of rotatable bonds is 5. The second-order valence-corrected chi connectivity index (χ2v) is 6.12. The monoisotopic (exact) mass is 347 g/mol. The first-order chi connectivity index (χ1) is 11.2. The highest BCUT2D eigenvalue weighted by Gasteiger charge is 2.21. The van der Waals surface area contributed by atoms with Gasteiger partial charge in [-0.15, -0.1) is 11.3 Å². The second-order valence-electron chi connectivity index (χ2n) is 4.89. The van der Waals surface area contributed by atoms with Gasteiger partial charge in [0.1, 0.15) is 16.7 Å². The largest absolute Gasteiger partial charge is 0.467 e. The normalized spacial score (nSPS) is 12.1. The lowest BCUT2D eigenvalue weighted by atomic mass is 10.1. The summed E-state index contributed by atoms with van der Waals surface area (Å²) in [6.07, 6.45) is 0.487. The minimum absolute atomic E-state index is 0.144. The van der Waals surface area contributed by atoms with Crippen LogP contribution < -0.4 is 5.32 Å². The first-order valence-electron chi connectivity index (χ1n) is 6.96. The minimum Gasteiger partial charge on any atom is -0.467 e. The maximum Gasteiger partial charge on any atom is 0.328 e. The lowest BCUT2D eigenvalue weighted by Gasteiger charge is -2.17. The number of halogens is 1. The number of hydrogen-bond donors (Lipinski definition) is 1. The summed E-state index contributed by atoms with van der Waals surface area (Å²) in [6, 6.07) is 11.1. The van der Waals surface area contributed by atoms with Crippen molar-refractivity contribution in [3.8, 4) is 0 Å². The average Bonchev–Trinajstić information content (AvgIpc) is 3.02. The number of ether oxygens (including phenoxy) is 1. The number of aromatic nitrogens is 2. The van der Waals surface area contributed by atoms with Gasteiger partial charge in [0.15, 0.2) is 0 Å². The van der Waals surface area contributed by atoms with Crippen molar-refractivity contribution >= 4 is 44.9 Å². The molecule has 118 valence electrons. The Morgan fingerprint density at radius 2 is 2.09 bits per heavy atom. The number of nitrogens with one attached hydrogen (secondary N) is 1. The van der Waals surface area contributed by atoms with Gasteiger partial charge in [0.05, 0.1) is 12.5 Å². The zero-order valence-electron chi connectivity index (χ0n) is 12.3. The molecule has 3 aromatic rings. The molecule has 0 spiro atoms. The van der Waals surface area contributed by atoms with E-state index in [1.807, 2.05) is 41.8 Å². The van der Waals surface area contributed by atoms with E-state index in [1.165, 1.54) is 18.4 Å². The van der Waals surface area contributed by atoms with Crippen LogP contribution in [0.4, 0.5) is 5.82 Å². The van der Waals surface area contributed by atoms with E-state index in [0.29, 0.717) is 12.2 Å². The molecule has 0 amide bonds. The number of nitrogens with zero attached hydrogens (tertiary/aromatic N) is 2. The van der Waals surface area contributed by atoms with Gasteiger partial charge in [-0.3, -0.25) is 0 Å². The molecule has 2 aromatic heterocycles. The van der Waals surface area contributed by atoms with E-state index in [1.54, 1.807) is 0 Å². The van der Waals surface area contributed by atoms with Gasteiger partial charge in [-0.25, -0.2) is 14.8 Å². The van der Waals surface area contributed by atoms with Crippen LogP contribution in [0.3, 0.4) is 0 Å². The summed E-state index contributed by atoms with van der Waals surface area (Å²) in [6.45, 7) is 0. The Kier molecular flexibility index (Phi) is 4.73. The highest BCUT2D eigenvalue weighted by molar-refractivity contribution is 7.16. The van der Waals surface area contributed by atoms with E-state index in [4.69, 9.17) is 16.3 Å². The molecule has 0 fully saturated rings. The maximum absolute atomic E-state index is 12.1. The van der Waals surface area contributed by atoms with Gasteiger partial charge in [0.25, 0.3) is 0 Å². The number of fused-ring (bicyclic) bond motifs is 1. The van der Waals surface area contributed by atoms with Crippen LogP contribution in [-0.4, -0.2) is 29.1 Å². The van der Waals surface area contributed by atoms with Crippen LogP contribution in [0, 0.1) is 0 Å². The molecule has 0 aliphatic carbocycles. The molecule has 0 bridgehead atoms. The average molecular weight is 348 g/mol. The number of carbonyl (C=O) groups excluding carboxylic acids is 1. The highest BCUT2D eigenvalue weighted by Crippen LogP contribution is 2.27. The fraction of sp³-hybridized carbons (Fsp3) is 0.188. The van der Waals surface area contributed by atoms with E-state index in [-0.39, 0.29) is 11.3 Å². The van der Waals surface area contributed by atoms with Crippen molar-refractivity contribution in [2.45, 2.75) is 12.5 Å². The highest BCUT2D eigenvalue weighted by atomic mass is 35.5. The van der Waals surface area contributed by atoms with E-state index >= 15 is 0 Å². The van der Waals surface area contributed by atoms with Crippen LogP contribution in [0.5, 0.6) is 0 Å². The van der Waals surface area contributed by atoms with Crippen molar-refractivity contribution in [1.82, 2.24) is 9.97 Å². The van der Waals surface area contributed by atoms with Gasteiger partial charge in [-0.2, -0.15) is 0 Å². The summed E-state index contributed by atoms with van der Waals surface area (Å²) in [7, 11) is 1.37. The number of anilines is 1. The molecule has 3 rings (SSSR count). The van der Waals surface area contributed by atoms with Crippen LogP contribution >= 0.6 is 22.9 Å². The molecule has 0 radical (unpaired) electrons. The summed E-state index contributed by atoms with van der Waals surface area (Å²) in [5.74, 6) is 0.180. The standard InChI is InChI=1S/C16H14ClN3O2S/c1-22-15(21)12(9-10-5-3-2-4-6-10)18-13-11-7-8-23-14(11)20-16(17)19-13/h2-8,12H,9H2,1H3,(H,18,19,20). The number of hydrogen-bond acceptors (Lipinski definition) is 6. The van der Waals surface area contributed by atoms with Crippen molar-refractivity contribution in [3.05, 3.63) is 52.6 Å². The number of esters is 1. The van der Waals surface area contributed by atoms with E-state index in [9.17, 15) is 4.79 Å². The molecule has 0 aliphatic heterocycles. The molecular formula is C16H14ClN3O2S. The van der Waals surface area contributed by atoms with Crippen LogP contribution in [-0.2, 0) is 16.0 Å². The Balaban J connectivity index is 1.91. The third-order valence-electron chi connectivity index (χ3n) is 3.38. The van der Waals surface area contributed by atoms with Crippen molar-refractivity contribution in [3.63, 3.8) is 0 Å². The van der Waals surface area contributed by atoms with Crippen LogP contribution in [0.25, 0.3) is 10.2 Å². The number of benzene rings is 1. The Hall–Kier alpha value is -2.18. The summed E-state index contributed by atoms with van der Waals surface area (Å²) in [5.41, 5.74) is 1.03. The van der Waals surface area contributed by atoms with E-state index in [0.717, 1.165) is 15.8 Å². The van der Waals surface area contributed by atoms with Crippen LogP contribution in [0.15, 0.2) is 41.8 Å². The van der Waals surface area contributed by atoms with E-state index in [2.05, 4.69) is 15.3 Å². The first-order valence-corrected chi connectivity index (χ1v) is 8.22. The number of methoxy groups -OCH3 is 1. The molecule has 2 heterocycles. The minimum atomic E-state index is -0.559. The van der Waals surface area contributed by atoms with Crippen molar-refractivity contribution in [2.24, 2.45) is 0 Å². The predicted molar refractivity (Wildman–Crippen MR) is 92.0 cm³/mol. The van der Waals surface area contributed by atoms with Crippen LogP contribution in [0.2, 0.25) is 5.28 Å². The van der Waals surface area contributed by atoms with Crippen LogP contribution in [0.1, 0.15) is 5.56 Å². The zero-order chi connectivity index (χ0) is 16.2. The molecule has 0 aliphatic rings. The molecule has 1 unspecified atom stereocenters. The molecule has 5 nitrogen and oxygen atoms in total. The summed E-state index contributed by atoms with van der Waals surface area (Å²) < 4.78 is 4.91. The van der Waals surface area contributed by atoms with Gasteiger partial charge in [-0.1, -0.05) is 30.3 Å². The second kappa shape index (κ2) is 6.93. The Bertz CT molecular complexity index is 823. The van der Waals surface area contributed by atoms with Gasteiger partial charge in [-0.05, 0) is 28.6 Å².